The van der Waals surface area contributed by atoms with Crippen molar-refractivity contribution in [1.82, 2.24) is 0 Å². The molecule has 0 aromatic heterocycles. The van der Waals surface area contributed by atoms with Crippen LogP contribution in [0.5, 0.6) is 11.5 Å². The Balaban J connectivity index is 1.81. The van der Waals surface area contributed by atoms with E-state index in [1.54, 1.807) is 6.07 Å². The standard InChI is InChI=1S/C19H23NO2/c20-14-19(10-4-5-11-19)16-8-9-17(21)18(12-16)22-13-15-6-2-1-3-7-15/h1-3,6-9,12,21H,4-5,10-11,13-14,20H2. The highest BCUT2D eigenvalue weighted by Crippen LogP contribution is 2.42. The van der Waals surface area contributed by atoms with E-state index in [-0.39, 0.29) is 11.2 Å². The van der Waals surface area contributed by atoms with Crippen molar-refractivity contribution in [3.8, 4) is 11.5 Å². The molecule has 3 heteroatoms. The zero-order valence-electron chi connectivity index (χ0n) is 12.8. The third-order valence-corrected chi connectivity index (χ3v) is 4.76. The van der Waals surface area contributed by atoms with Gasteiger partial charge in [-0.1, -0.05) is 49.2 Å². The molecule has 0 heterocycles. The summed E-state index contributed by atoms with van der Waals surface area (Å²) in [5.41, 5.74) is 8.38. The lowest BCUT2D eigenvalue weighted by atomic mass is 9.79. The molecule has 3 rings (SSSR count). The van der Waals surface area contributed by atoms with Crippen LogP contribution in [0.4, 0.5) is 0 Å². The molecular weight excluding hydrogens is 274 g/mol. The van der Waals surface area contributed by atoms with Gasteiger partial charge in [-0.25, -0.2) is 0 Å². The van der Waals surface area contributed by atoms with E-state index in [1.807, 2.05) is 42.5 Å². The maximum atomic E-state index is 10.1. The van der Waals surface area contributed by atoms with Crippen molar-refractivity contribution in [2.24, 2.45) is 5.73 Å². The van der Waals surface area contributed by atoms with Crippen LogP contribution in [0.25, 0.3) is 0 Å². The van der Waals surface area contributed by atoms with Crippen LogP contribution in [0, 0.1) is 0 Å². The van der Waals surface area contributed by atoms with Crippen molar-refractivity contribution in [2.45, 2.75) is 37.7 Å². The Hall–Kier alpha value is -2.00. The number of phenolic OH excluding ortho intramolecular Hbond substituents is 1. The predicted octanol–water partition coefficient (Wildman–Crippen LogP) is 3.74. The topological polar surface area (TPSA) is 55.5 Å². The quantitative estimate of drug-likeness (QED) is 0.884. The molecule has 2 aromatic carbocycles. The van der Waals surface area contributed by atoms with Gasteiger partial charge in [0.1, 0.15) is 6.61 Å². The van der Waals surface area contributed by atoms with E-state index in [0.717, 1.165) is 18.4 Å². The smallest absolute Gasteiger partial charge is 0.161 e. The Kier molecular flexibility index (Phi) is 4.34. The van der Waals surface area contributed by atoms with Crippen molar-refractivity contribution < 1.29 is 9.84 Å². The van der Waals surface area contributed by atoms with Gasteiger partial charge in [-0.2, -0.15) is 0 Å². The van der Waals surface area contributed by atoms with E-state index in [2.05, 4.69) is 0 Å². The van der Waals surface area contributed by atoms with Gasteiger partial charge in [0.25, 0.3) is 0 Å². The predicted molar refractivity (Wildman–Crippen MR) is 88.1 cm³/mol. The number of rotatable bonds is 5. The first kappa shape index (κ1) is 14.9. The Morgan fingerprint density at radius 2 is 1.77 bits per heavy atom. The third kappa shape index (κ3) is 2.95. The first-order chi connectivity index (χ1) is 10.7. The van der Waals surface area contributed by atoms with Crippen LogP contribution in [0.2, 0.25) is 0 Å². The van der Waals surface area contributed by atoms with E-state index in [0.29, 0.717) is 18.9 Å². The maximum Gasteiger partial charge on any atom is 0.161 e. The van der Waals surface area contributed by atoms with Crippen molar-refractivity contribution in [3.63, 3.8) is 0 Å². The van der Waals surface area contributed by atoms with Crippen LogP contribution in [-0.4, -0.2) is 11.7 Å². The van der Waals surface area contributed by atoms with Crippen LogP contribution in [0.3, 0.4) is 0 Å². The Morgan fingerprint density at radius 1 is 1.05 bits per heavy atom. The summed E-state index contributed by atoms with van der Waals surface area (Å²) in [6, 6.07) is 15.7. The Labute approximate surface area is 131 Å². The lowest BCUT2D eigenvalue weighted by Crippen LogP contribution is -2.31. The molecule has 0 aliphatic heterocycles. The number of aromatic hydroxyl groups is 1. The fourth-order valence-electron chi connectivity index (χ4n) is 3.36. The third-order valence-electron chi connectivity index (χ3n) is 4.76. The molecule has 0 amide bonds. The first-order valence-corrected chi connectivity index (χ1v) is 7.94. The van der Waals surface area contributed by atoms with Crippen molar-refractivity contribution in [3.05, 3.63) is 59.7 Å². The second kappa shape index (κ2) is 6.41. The van der Waals surface area contributed by atoms with Gasteiger partial charge in [-0.15, -0.1) is 0 Å². The molecule has 116 valence electrons. The van der Waals surface area contributed by atoms with Crippen molar-refractivity contribution in [2.75, 3.05) is 6.54 Å². The Bertz CT molecular complexity index is 619. The molecule has 0 saturated heterocycles. The van der Waals surface area contributed by atoms with Gasteiger partial charge in [0.15, 0.2) is 11.5 Å². The van der Waals surface area contributed by atoms with Gasteiger partial charge in [-0.3, -0.25) is 0 Å². The van der Waals surface area contributed by atoms with Crippen LogP contribution in [0.1, 0.15) is 36.8 Å². The number of nitrogens with two attached hydrogens (primary N) is 1. The van der Waals surface area contributed by atoms with Gasteiger partial charge in [0, 0.05) is 12.0 Å². The zero-order chi connectivity index (χ0) is 15.4. The minimum absolute atomic E-state index is 0.0541. The summed E-state index contributed by atoms with van der Waals surface area (Å²) in [6.45, 7) is 1.10. The number of phenols is 1. The number of ether oxygens (including phenoxy) is 1. The van der Waals surface area contributed by atoms with E-state index >= 15 is 0 Å². The van der Waals surface area contributed by atoms with Crippen molar-refractivity contribution >= 4 is 0 Å². The van der Waals surface area contributed by atoms with Crippen LogP contribution >= 0.6 is 0 Å². The Morgan fingerprint density at radius 3 is 2.45 bits per heavy atom. The SMILES string of the molecule is NCC1(c2ccc(O)c(OCc3ccccc3)c2)CCCC1. The minimum atomic E-state index is 0.0541. The van der Waals surface area contributed by atoms with E-state index in [1.165, 1.54) is 18.4 Å². The summed E-state index contributed by atoms with van der Waals surface area (Å²) in [7, 11) is 0. The largest absolute Gasteiger partial charge is 0.504 e. The highest BCUT2D eigenvalue weighted by atomic mass is 16.5. The molecule has 0 radical (unpaired) electrons. The molecule has 0 unspecified atom stereocenters. The summed E-state index contributed by atoms with van der Waals surface area (Å²) in [6.07, 6.45) is 4.68. The van der Waals surface area contributed by atoms with Crippen LogP contribution in [0.15, 0.2) is 48.5 Å². The second-order valence-corrected chi connectivity index (χ2v) is 6.15. The molecule has 1 saturated carbocycles. The normalized spacial score (nSPS) is 16.6. The van der Waals surface area contributed by atoms with E-state index < -0.39 is 0 Å². The molecule has 1 fully saturated rings. The van der Waals surface area contributed by atoms with Gasteiger partial charge >= 0.3 is 0 Å². The molecule has 1 aliphatic carbocycles. The molecule has 22 heavy (non-hydrogen) atoms. The van der Waals surface area contributed by atoms with Gasteiger partial charge < -0.3 is 15.6 Å². The van der Waals surface area contributed by atoms with Crippen LogP contribution < -0.4 is 10.5 Å². The summed E-state index contributed by atoms with van der Waals surface area (Å²) in [5.74, 6) is 0.728. The number of hydrogen-bond acceptors (Lipinski definition) is 3. The van der Waals surface area contributed by atoms with Gasteiger partial charge in [0.2, 0.25) is 0 Å². The molecule has 3 N–H and O–H groups in total. The second-order valence-electron chi connectivity index (χ2n) is 6.15. The molecule has 2 aromatic rings. The molecule has 0 spiro atoms. The summed E-state index contributed by atoms with van der Waals surface area (Å²) < 4.78 is 5.82. The first-order valence-electron chi connectivity index (χ1n) is 7.94. The fraction of sp³-hybridized carbons (Fsp3) is 0.368. The fourth-order valence-corrected chi connectivity index (χ4v) is 3.36. The number of hydrogen-bond donors (Lipinski definition) is 2. The monoisotopic (exact) mass is 297 g/mol. The minimum Gasteiger partial charge on any atom is -0.504 e. The van der Waals surface area contributed by atoms with Gasteiger partial charge in [0.05, 0.1) is 0 Å². The zero-order valence-corrected chi connectivity index (χ0v) is 12.8. The number of benzene rings is 2. The summed E-state index contributed by atoms with van der Waals surface area (Å²) in [5, 5.41) is 10.1. The lowest BCUT2D eigenvalue weighted by Gasteiger charge is -2.28. The maximum absolute atomic E-state index is 10.1. The highest BCUT2D eigenvalue weighted by molar-refractivity contribution is 5.45. The molecule has 3 nitrogen and oxygen atoms in total. The average molecular weight is 297 g/mol. The average Bonchev–Trinajstić information content (AvgIpc) is 3.05. The summed E-state index contributed by atoms with van der Waals surface area (Å²) >= 11 is 0. The highest BCUT2D eigenvalue weighted by Gasteiger charge is 2.34. The van der Waals surface area contributed by atoms with E-state index in [9.17, 15) is 5.11 Å². The molecular formula is C19H23NO2. The van der Waals surface area contributed by atoms with E-state index in [4.69, 9.17) is 10.5 Å². The molecule has 0 bridgehead atoms. The molecule has 1 aliphatic rings. The van der Waals surface area contributed by atoms with Crippen LogP contribution in [-0.2, 0) is 12.0 Å². The summed E-state index contributed by atoms with van der Waals surface area (Å²) in [4.78, 5) is 0. The molecule has 0 atom stereocenters. The van der Waals surface area contributed by atoms with Gasteiger partial charge in [-0.05, 0) is 36.1 Å². The lowest BCUT2D eigenvalue weighted by molar-refractivity contribution is 0.287. The van der Waals surface area contributed by atoms with Crippen molar-refractivity contribution in [1.29, 1.82) is 0 Å².